The lowest BCUT2D eigenvalue weighted by Gasteiger charge is -2.38. The Kier molecular flexibility index (Phi) is 5.00. The van der Waals surface area contributed by atoms with E-state index in [9.17, 15) is 9.59 Å². The predicted molar refractivity (Wildman–Crippen MR) is 111 cm³/mol. The summed E-state index contributed by atoms with van der Waals surface area (Å²) in [4.78, 5) is 27.8. The van der Waals surface area contributed by atoms with Gasteiger partial charge in [0.15, 0.2) is 5.78 Å². The van der Waals surface area contributed by atoms with Crippen LogP contribution in [0, 0.1) is 0 Å². The van der Waals surface area contributed by atoms with E-state index < -0.39 is 0 Å². The predicted octanol–water partition coefficient (Wildman–Crippen LogP) is 5.54. The van der Waals surface area contributed by atoms with Crippen molar-refractivity contribution >= 4 is 33.3 Å². The molecule has 1 amide bonds. The molecular weight excluding hydrogens is 402 g/mol. The Morgan fingerprint density at radius 3 is 2.56 bits per heavy atom. The summed E-state index contributed by atoms with van der Waals surface area (Å²) in [5.41, 5.74) is 4.89. The van der Waals surface area contributed by atoms with Crippen LogP contribution in [0.15, 0.2) is 64.3 Å². The lowest BCUT2D eigenvalue weighted by molar-refractivity contribution is -0.119. The fraction of sp³-hybridized carbons (Fsp3) is 0.304. The maximum Gasteiger partial charge on any atom is 0.232 e. The van der Waals surface area contributed by atoms with Gasteiger partial charge in [-0.2, -0.15) is 0 Å². The van der Waals surface area contributed by atoms with Crippen molar-refractivity contribution in [2.45, 2.75) is 44.9 Å². The standard InChI is InChI=1S/C23H22BrNO2/c1-2-15-9-11-16(12-10-15)19-14-22(27)25(18-6-3-5-17(24)13-18)20-7-4-8-21(26)23(19)20/h3,5-6,9-13,19H,2,4,7-8,14H2,1H3. The number of hydrogen-bond donors (Lipinski definition) is 0. The quantitative estimate of drug-likeness (QED) is 0.649. The molecule has 0 aromatic heterocycles. The number of amides is 1. The first kappa shape index (κ1) is 18.2. The van der Waals surface area contributed by atoms with Crippen molar-refractivity contribution in [3.8, 4) is 0 Å². The maximum atomic E-state index is 13.1. The number of ketones is 1. The fourth-order valence-corrected chi connectivity index (χ4v) is 4.57. The van der Waals surface area contributed by atoms with Gasteiger partial charge in [-0.15, -0.1) is 0 Å². The van der Waals surface area contributed by atoms with Crippen LogP contribution in [-0.2, 0) is 16.0 Å². The van der Waals surface area contributed by atoms with Crippen LogP contribution in [-0.4, -0.2) is 11.7 Å². The highest BCUT2D eigenvalue weighted by Crippen LogP contribution is 2.43. The van der Waals surface area contributed by atoms with E-state index >= 15 is 0 Å². The Hall–Kier alpha value is -2.20. The topological polar surface area (TPSA) is 37.4 Å². The number of nitrogens with zero attached hydrogens (tertiary/aromatic N) is 1. The smallest absolute Gasteiger partial charge is 0.232 e. The molecule has 3 nitrogen and oxygen atoms in total. The molecule has 4 rings (SSSR count). The van der Waals surface area contributed by atoms with Gasteiger partial charge in [-0.25, -0.2) is 0 Å². The average molecular weight is 424 g/mol. The number of aryl methyl sites for hydroxylation is 1. The average Bonchev–Trinajstić information content (AvgIpc) is 2.67. The minimum Gasteiger partial charge on any atom is -0.294 e. The molecule has 27 heavy (non-hydrogen) atoms. The van der Waals surface area contributed by atoms with Gasteiger partial charge in [0.25, 0.3) is 0 Å². The highest BCUT2D eigenvalue weighted by molar-refractivity contribution is 9.10. The van der Waals surface area contributed by atoms with Crippen molar-refractivity contribution in [1.82, 2.24) is 0 Å². The first-order chi connectivity index (χ1) is 13.1. The second-order valence-electron chi connectivity index (χ2n) is 7.20. The van der Waals surface area contributed by atoms with Crippen LogP contribution < -0.4 is 4.90 Å². The molecule has 0 N–H and O–H groups in total. The van der Waals surface area contributed by atoms with Crippen LogP contribution in [0.2, 0.25) is 0 Å². The molecule has 1 aliphatic heterocycles. The number of anilines is 1. The molecule has 4 heteroatoms. The van der Waals surface area contributed by atoms with Crippen molar-refractivity contribution in [2.75, 3.05) is 4.90 Å². The summed E-state index contributed by atoms with van der Waals surface area (Å²) in [6.45, 7) is 2.13. The van der Waals surface area contributed by atoms with E-state index in [-0.39, 0.29) is 17.6 Å². The number of Topliss-reactive ketones (excluding diaryl/α,β-unsaturated/α-hetero) is 1. The van der Waals surface area contributed by atoms with Crippen molar-refractivity contribution in [1.29, 1.82) is 0 Å². The molecule has 2 aromatic carbocycles. The summed E-state index contributed by atoms with van der Waals surface area (Å²) < 4.78 is 0.925. The molecule has 1 unspecified atom stereocenters. The summed E-state index contributed by atoms with van der Waals surface area (Å²) in [7, 11) is 0. The summed E-state index contributed by atoms with van der Waals surface area (Å²) in [5, 5.41) is 0. The molecule has 0 bridgehead atoms. The largest absolute Gasteiger partial charge is 0.294 e. The lowest BCUT2D eigenvalue weighted by Crippen LogP contribution is -2.40. The fourth-order valence-electron chi connectivity index (χ4n) is 4.18. The number of benzene rings is 2. The van der Waals surface area contributed by atoms with Gasteiger partial charge in [0.2, 0.25) is 5.91 Å². The molecule has 138 valence electrons. The second kappa shape index (κ2) is 7.43. The van der Waals surface area contributed by atoms with Gasteiger partial charge in [-0.05, 0) is 48.6 Å². The van der Waals surface area contributed by atoms with Gasteiger partial charge < -0.3 is 0 Å². The van der Waals surface area contributed by atoms with E-state index in [1.807, 2.05) is 24.3 Å². The van der Waals surface area contributed by atoms with E-state index in [1.54, 1.807) is 4.90 Å². The zero-order valence-corrected chi connectivity index (χ0v) is 17.0. The minimum atomic E-state index is -0.130. The van der Waals surface area contributed by atoms with Crippen LogP contribution in [0.5, 0.6) is 0 Å². The van der Waals surface area contributed by atoms with Gasteiger partial charge >= 0.3 is 0 Å². The van der Waals surface area contributed by atoms with Crippen LogP contribution in [0.3, 0.4) is 0 Å². The van der Waals surface area contributed by atoms with E-state index in [0.29, 0.717) is 12.8 Å². The zero-order valence-electron chi connectivity index (χ0n) is 15.4. The minimum absolute atomic E-state index is 0.0612. The molecular formula is C23H22BrNO2. The number of hydrogen-bond acceptors (Lipinski definition) is 2. The molecule has 0 fully saturated rings. The molecule has 2 aromatic rings. The van der Waals surface area contributed by atoms with E-state index in [4.69, 9.17) is 0 Å². The van der Waals surface area contributed by atoms with Crippen LogP contribution >= 0.6 is 15.9 Å². The summed E-state index contributed by atoms with van der Waals surface area (Å²) >= 11 is 3.49. The third-order valence-corrected chi connectivity index (χ3v) is 6.03. The molecule has 0 radical (unpaired) electrons. The van der Waals surface area contributed by atoms with Crippen molar-refractivity contribution in [3.63, 3.8) is 0 Å². The summed E-state index contributed by atoms with van der Waals surface area (Å²) in [5.74, 6) is 0.119. The second-order valence-corrected chi connectivity index (χ2v) is 8.11. The number of carbonyl (C=O) groups excluding carboxylic acids is 2. The Morgan fingerprint density at radius 2 is 1.85 bits per heavy atom. The SMILES string of the molecule is CCc1ccc(C2CC(=O)N(c3cccc(Br)c3)C3=C2C(=O)CCC3)cc1. The molecule has 0 spiro atoms. The molecule has 2 aliphatic rings. The number of rotatable bonds is 3. The van der Waals surface area contributed by atoms with Crippen molar-refractivity contribution in [2.24, 2.45) is 0 Å². The Balaban J connectivity index is 1.82. The van der Waals surface area contributed by atoms with Crippen LogP contribution in [0.1, 0.15) is 49.7 Å². The van der Waals surface area contributed by atoms with Gasteiger partial charge in [0.05, 0.1) is 0 Å². The Bertz CT molecular complexity index is 930. The normalized spacial score (nSPS) is 20.1. The van der Waals surface area contributed by atoms with Gasteiger partial charge in [0, 0.05) is 40.2 Å². The molecule has 0 saturated carbocycles. The lowest BCUT2D eigenvalue weighted by atomic mass is 9.77. The monoisotopic (exact) mass is 423 g/mol. The van der Waals surface area contributed by atoms with E-state index in [1.165, 1.54) is 5.56 Å². The molecule has 1 heterocycles. The third-order valence-electron chi connectivity index (χ3n) is 5.53. The van der Waals surface area contributed by atoms with Crippen molar-refractivity contribution < 1.29 is 9.59 Å². The molecule has 1 aliphatic carbocycles. The third kappa shape index (κ3) is 3.39. The summed E-state index contributed by atoms with van der Waals surface area (Å²) in [6, 6.07) is 16.1. The maximum absolute atomic E-state index is 13.1. The van der Waals surface area contributed by atoms with Crippen molar-refractivity contribution in [3.05, 3.63) is 75.4 Å². The number of carbonyl (C=O) groups is 2. The van der Waals surface area contributed by atoms with Crippen LogP contribution in [0.4, 0.5) is 5.69 Å². The highest BCUT2D eigenvalue weighted by atomic mass is 79.9. The van der Waals surface area contributed by atoms with E-state index in [0.717, 1.165) is 46.3 Å². The van der Waals surface area contributed by atoms with Gasteiger partial charge in [-0.3, -0.25) is 14.5 Å². The first-order valence-electron chi connectivity index (χ1n) is 9.52. The first-order valence-corrected chi connectivity index (χ1v) is 10.3. The van der Waals surface area contributed by atoms with Crippen LogP contribution in [0.25, 0.3) is 0 Å². The number of halogens is 1. The zero-order chi connectivity index (χ0) is 19.0. The molecule has 1 atom stereocenters. The molecule has 0 saturated heterocycles. The highest BCUT2D eigenvalue weighted by Gasteiger charge is 2.39. The number of allylic oxidation sites excluding steroid dienone is 2. The summed E-state index contributed by atoms with van der Waals surface area (Å²) in [6.07, 6.45) is 3.46. The van der Waals surface area contributed by atoms with Gasteiger partial charge in [-0.1, -0.05) is 53.2 Å². The van der Waals surface area contributed by atoms with E-state index in [2.05, 4.69) is 47.1 Å². The Labute approximate surface area is 168 Å². The Morgan fingerprint density at radius 1 is 1.07 bits per heavy atom. The van der Waals surface area contributed by atoms with Gasteiger partial charge in [0.1, 0.15) is 0 Å².